The zero-order valence-electron chi connectivity index (χ0n) is 31.6. The number of esters is 2. The van der Waals surface area contributed by atoms with Crippen LogP contribution in [0.5, 0.6) is 0 Å². The van der Waals surface area contributed by atoms with E-state index >= 15 is 0 Å². The Bertz CT molecular complexity index is 625. The van der Waals surface area contributed by atoms with Crippen LogP contribution >= 0.6 is 0 Å². The van der Waals surface area contributed by atoms with Gasteiger partial charge in [-0.25, -0.2) is 0 Å². The summed E-state index contributed by atoms with van der Waals surface area (Å²) in [5.41, 5.74) is 0. The van der Waals surface area contributed by atoms with Crippen molar-refractivity contribution in [1.82, 2.24) is 0 Å². The highest BCUT2D eigenvalue weighted by Gasteiger charge is 1.99. The lowest BCUT2D eigenvalue weighted by Gasteiger charge is -2.00. The molecule has 46 heavy (non-hydrogen) atoms. The number of hydrogen-bond acceptors (Lipinski definition) is 4. The number of carbonyl (C=O) groups is 2. The van der Waals surface area contributed by atoms with E-state index in [1.807, 2.05) is 12.2 Å². The fraction of sp³-hybridized carbons (Fsp3) is 0.762. The van der Waals surface area contributed by atoms with E-state index in [0.717, 1.165) is 32.1 Å². The first-order valence-corrected chi connectivity index (χ1v) is 19.0. The summed E-state index contributed by atoms with van der Waals surface area (Å²) in [6.07, 6.45) is 42.9. The Hall–Kier alpha value is -2.10. The molecule has 0 aromatic rings. The first-order valence-electron chi connectivity index (χ1n) is 19.0. The van der Waals surface area contributed by atoms with Crippen molar-refractivity contribution < 1.29 is 19.1 Å². The maximum absolute atomic E-state index is 10.9. The molecule has 272 valence electrons. The molecule has 0 spiro atoms. The first kappa shape index (κ1) is 50.7. The molecule has 0 aromatic carbocycles. The summed E-state index contributed by atoms with van der Waals surface area (Å²) >= 11 is 0. The predicted molar refractivity (Wildman–Crippen MR) is 205 cm³/mol. The number of hydrogen-bond donors (Lipinski definition) is 0. The van der Waals surface area contributed by atoms with Gasteiger partial charge in [-0.1, -0.05) is 141 Å². The first-order chi connectivity index (χ1) is 22.5. The third-order valence-electron chi connectivity index (χ3n) is 7.65. The zero-order valence-corrected chi connectivity index (χ0v) is 31.6. The number of ether oxygens (including phenoxy) is 2. The standard InChI is InChI=1S/C19H36O2.C11H20O2.C10H20.C2H4/c1-3-4-5-6-7-8-9-10-11-12-13-14-15-16-17-18-19(20)21-2;1-3-4-5-6-7-8-9-10-11(12)13-2;1-3-5-7-9-10-8-6-4-2;1-2/h10-11H,3-9,12-18H2,1-2H3;3H,1,4-10H2,2H3;3H,1,4-10H2,2H3;1-2H2/b11-10+;;;. The smallest absolute Gasteiger partial charge is 0.305 e. The van der Waals surface area contributed by atoms with Gasteiger partial charge in [0.15, 0.2) is 0 Å². The molecular formula is C42H80O4. The van der Waals surface area contributed by atoms with Crippen LogP contribution in [-0.4, -0.2) is 26.2 Å². The molecular weight excluding hydrogens is 568 g/mol. The molecule has 0 fully saturated rings. The highest BCUT2D eigenvalue weighted by Crippen LogP contribution is 2.11. The largest absolute Gasteiger partial charge is 0.469 e. The van der Waals surface area contributed by atoms with Crippen LogP contribution < -0.4 is 0 Å². The van der Waals surface area contributed by atoms with Crippen molar-refractivity contribution >= 4 is 11.9 Å². The van der Waals surface area contributed by atoms with Crippen molar-refractivity contribution in [2.75, 3.05) is 14.2 Å². The minimum atomic E-state index is -0.0916. The van der Waals surface area contributed by atoms with Crippen molar-refractivity contribution in [2.45, 2.75) is 194 Å². The maximum atomic E-state index is 10.9. The summed E-state index contributed by atoms with van der Waals surface area (Å²) in [7, 11) is 2.90. The van der Waals surface area contributed by atoms with E-state index in [-0.39, 0.29) is 11.9 Å². The van der Waals surface area contributed by atoms with Crippen LogP contribution in [0.15, 0.2) is 50.6 Å². The predicted octanol–water partition coefficient (Wildman–Crippen LogP) is 14.0. The maximum Gasteiger partial charge on any atom is 0.305 e. The molecule has 0 aliphatic heterocycles. The highest BCUT2D eigenvalue weighted by atomic mass is 16.5. The molecule has 0 aliphatic rings. The van der Waals surface area contributed by atoms with Gasteiger partial charge in [0.1, 0.15) is 0 Å². The monoisotopic (exact) mass is 649 g/mol. The van der Waals surface area contributed by atoms with Gasteiger partial charge >= 0.3 is 11.9 Å². The second-order valence-electron chi connectivity index (χ2n) is 11.9. The number of methoxy groups -OCH3 is 2. The summed E-state index contributed by atoms with van der Waals surface area (Å²) in [6.45, 7) is 17.9. The molecule has 0 heterocycles. The van der Waals surface area contributed by atoms with E-state index in [9.17, 15) is 9.59 Å². The van der Waals surface area contributed by atoms with E-state index in [2.05, 4.69) is 61.8 Å². The van der Waals surface area contributed by atoms with E-state index in [1.54, 1.807) is 0 Å². The molecule has 0 N–H and O–H groups in total. The molecule has 0 radical (unpaired) electrons. The highest BCUT2D eigenvalue weighted by molar-refractivity contribution is 5.69. The van der Waals surface area contributed by atoms with E-state index in [0.29, 0.717) is 12.8 Å². The minimum absolute atomic E-state index is 0.0763. The number of carbonyl (C=O) groups excluding carboxylic acids is 2. The average Bonchev–Trinajstić information content (AvgIpc) is 3.08. The Morgan fingerprint density at radius 3 is 0.978 bits per heavy atom. The summed E-state index contributed by atoms with van der Waals surface area (Å²) in [6, 6.07) is 0. The third kappa shape index (κ3) is 57.5. The van der Waals surface area contributed by atoms with E-state index in [1.165, 1.54) is 149 Å². The second-order valence-corrected chi connectivity index (χ2v) is 11.9. The summed E-state index contributed by atoms with van der Waals surface area (Å²) < 4.78 is 9.16. The molecule has 0 aromatic heterocycles. The Morgan fingerprint density at radius 1 is 0.435 bits per heavy atom. The van der Waals surface area contributed by atoms with E-state index < -0.39 is 0 Å². The molecule has 0 atom stereocenters. The number of rotatable bonds is 30. The minimum Gasteiger partial charge on any atom is -0.469 e. The van der Waals surface area contributed by atoms with Crippen LogP contribution in [0, 0.1) is 0 Å². The Balaban J connectivity index is -0.000000302. The van der Waals surface area contributed by atoms with Gasteiger partial charge in [-0.2, -0.15) is 0 Å². The third-order valence-corrected chi connectivity index (χ3v) is 7.65. The fourth-order valence-corrected chi connectivity index (χ4v) is 4.70. The summed E-state index contributed by atoms with van der Waals surface area (Å²) in [5, 5.41) is 0. The fourth-order valence-electron chi connectivity index (χ4n) is 4.70. The van der Waals surface area contributed by atoms with Gasteiger partial charge < -0.3 is 9.47 Å². The quantitative estimate of drug-likeness (QED) is 0.0442. The molecule has 0 bridgehead atoms. The van der Waals surface area contributed by atoms with E-state index in [4.69, 9.17) is 0 Å². The molecule has 0 rings (SSSR count). The molecule has 0 aliphatic carbocycles. The van der Waals surface area contributed by atoms with Gasteiger partial charge in [0.25, 0.3) is 0 Å². The normalized spacial score (nSPS) is 10.0. The van der Waals surface area contributed by atoms with Crippen LogP contribution in [0.4, 0.5) is 0 Å². The van der Waals surface area contributed by atoms with Crippen molar-refractivity contribution in [3.63, 3.8) is 0 Å². The molecule has 0 saturated carbocycles. The lowest BCUT2D eigenvalue weighted by atomic mass is 10.1. The topological polar surface area (TPSA) is 52.6 Å². The SMILES string of the molecule is C=C.C=CCCCCCCCC.C=CCCCCCCCC(=O)OC.CCCCCCCC/C=C/CCCCCCCC(=O)OC. The van der Waals surface area contributed by atoms with Crippen molar-refractivity contribution in [3.8, 4) is 0 Å². The van der Waals surface area contributed by atoms with Gasteiger partial charge in [0.2, 0.25) is 0 Å². The van der Waals surface area contributed by atoms with Gasteiger partial charge in [-0.05, 0) is 64.2 Å². The lowest BCUT2D eigenvalue weighted by Crippen LogP contribution is -1.98. The molecule has 4 nitrogen and oxygen atoms in total. The van der Waals surface area contributed by atoms with Gasteiger partial charge in [0.05, 0.1) is 14.2 Å². The average molecular weight is 649 g/mol. The Morgan fingerprint density at radius 2 is 0.696 bits per heavy atom. The lowest BCUT2D eigenvalue weighted by molar-refractivity contribution is -0.141. The van der Waals surface area contributed by atoms with Gasteiger partial charge in [-0.15, -0.1) is 26.3 Å². The van der Waals surface area contributed by atoms with Crippen molar-refractivity contribution in [1.29, 1.82) is 0 Å². The zero-order chi connectivity index (χ0) is 35.2. The molecule has 4 heteroatoms. The van der Waals surface area contributed by atoms with Gasteiger partial charge in [-0.3, -0.25) is 9.59 Å². The molecule has 0 saturated heterocycles. The number of allylic oxidation sites excluding steroid dienone is 4. The van der Waals surface area contributed by atoms with Crippen LogP contribution in [0.3, 0.4) is 0 Å². The summed E-state index contributed by atoms with van der Waals surface area (Å²) in [4.78, 5) is 21.6. The number of unbranched alkanes of at least 4 members (excludes halogenated alkanes) is 22. The van der Waals surface area contributed by atoms with Crippen LogP contribution in [0.2, 0.25) is 0 Å². The van der Waals surface area contributed by atoms with Crippen LogP contribution in [-0.2, 0) is 19.1 Å². The molecule has 0 amide bonds. The van der Waals surface area contributed by atoms with Crippen molar-refractivity contribution in [3.05, 3.63) is 50.6 Å². The Labute approximate surface area is 289 Å². The summed E-state index contributed by atoms with van der Waals surface area (Å²) in [5.74, 6) is -0.168. The van der Waals surface area contributed by atoms with Gasteiger partial charge in [0, 0.05) is 12.8 Å². The Kier molecular flexibility index (Phi) is 57.8. The van der Waals surface area contributed by atoms with Crippen molar-refractivity contribution in [2.24, 2.45) is 0 Å². The van der Waals surface area contributed by atoms with Crippen LogP contribution in [0.25, 0.3) is 0 Å². The van der Waals surface area contributed by atoms with Crippen LogP contribution in [0.1, 0.15) is 194 Å². The second kappa shape index (κ2) is 52.4. The molecule has 0 unspecified atom stereocenters.